The van der Waals surface area contributed by atoms with Gasteiger partial charge in [-0.2, -0.15) is 0 Å². The van der Waals surface area contributed by atoms with Crippen molar-refractivity contribution in [2.24, 2.45) is 11.8 Å². The van der Waals surface area contributed by atoms with E-state index in [9.17, 15) is 0 Å². The molecule has 0 unspecified atom stereocenters. The van der Waals surface area contributed by atoms with Crippen LogP contribution in [0.15, 0.2) is 194 Å². The van der Waals surface area contributed by atoms with Crippen LogP contribution in [0.2, 0.25) is 0 Å². The standard InChI is InChI=1S/C46H34O3P2/c47-50-43(35-23-11-3-12-24-35)31-39(33-19-7-1-8-20-33)41-42-40(34-21-9-2-10-22-34)32-44(36-25-13-4-14-26-36,45(41,50)37-27-15-5-16-28-37)51(48,49-50)46(42,43)38-29-17-6-18-30-38/h1-32,41-42H/t41-,42-,43-,44-,45-,46-,50-,51-/m0/s1. The molecule has 6 aromatic carbocycles. The van der Waals surface area contributed by atoms with Crippen LogP contribution in [0.1, 0.15) is 33.4 Å². The summed E-state index contributed by atoms with van der Waals surface area (Å²) < 4.78 is 42.5. The molecule has 6 aromatic rings. The molecule has 0 aromatic heterocycles. The fraction of sp³-hybridized carbons (Fsp3) is 0.130. The Bertz CT molecular complexity index is 2340. The Balaban J connectivity index is 1.46. The number of hydrogen-bond acceptors (Lipinski definition) is 3. The molecule has 8 atom stereocenters. The maximum absolute atomic E-state index is 17.6. The van der Waals surface area contributed by atoms with Gasteiger partial charge in [0.25, 0.3) is 0 Å². The fourth-order valence-electron chi connectivity index (χ4n) is 11.7. The summed E-state index contributed by atoms with van der Waals surface area (Å²) >= 11 is 0. The first-order chi connectivity index (χ1) is 25.0. The van der Waals surface area contributed by atoms with Crippen molar-refractivity contribution in [3.8, 4) is 0 Å². The third-order valence-corrected chi connectivity index (χ3v) is 22.1. The van der Waals surface area contributed by atoms with Crippen LogP contribution >= 0.6 is 14.7 Å². The smallest absolute Gasteiger partial charge is 0.236 e. The van der Waals surface area contributed by atoms with Gasteiger partial charge in [0, 0.05) is 11.8 Å². The van der Waals surface area contributed by atoms with Gasteiger partial charge in [0.15, 0.2) is 0 Å². The second kappa shape index (κ2) is 9.96. The maximum atomic E-state index is 17.6. The average Bonchev–Trinajstić information content (AvgIpc) is 3.53. The molecule has 0 radical (unpaired) electrons. The highest BCUT2D eigenvalue weighted by Gasteiger charge is 3.04. The molecule has 0 N–H and O–H groups in total. The molecule has 5 fully saturated rings. The number of hydrogen-bond donors (Lipinski definition) is 0. The van der Waals surface area contributed by atoms with E-state index in [2.05, 4.69) is 121 Å². The lowest BCUT2D eigenvalue weighted by Gasteiger charge is -2.76. The fourth-order valence-corrected chi connectivity index (χ4v) is 24.3. The predicted octanol–water partition coefficient (Wildman–Crippen LogP) is 11.6. The second-order valence-electron chi connectivity index (χ2n) is 14.6. The van der Waals surface area contributed by atoms with Crippen molar-refractivity contribution in [1.82, 2.24) is 0 Å². The van der Waals surface area contributed by atoms with Gasteiger partial charge < -0.3 is 0 Å². The first-order valence-electron chi connectivity index (χ1n) is 17.7. The third-order valence-electron chi connectivity index (χ3n) is 13.0. The van der Waals surface area contributed by atoms with Crippen molar-refractivity contribution in [3.63, 3.8) is 0 Å². The van der Waals surface area contributed by atoms with Gasteiger partial charge >= 0.3 is 0 Å². The van der Waals surface area contributed by atoms with E-state index in [1.807, 2.05) is 72.8 Å². The van der Waals surface area contributed by atoms with Gasteiger partial charge in [0.05, 0.1) is 0 Å². The van der Waals surface area contributed by atoms with Crippen molar-refractivity contribution in [3.05, 3.63) is 228 Å². The van der Waals surface area contributed by atoms with Crippen LogP contribution in [-0.2, 0) is 34.1 Å². The van der Waals surface area contributed by atoms with Crippen molar-refractivity contribution in [1.29, 1.82) is 0 Å². The summed E-state index contributed by atoms with van der Waals surface area (Å²) in [5.74, 6) is -0.659. The van der Waals surface area contributed by atoms with Gasteiger partial charge in [-0.1, -0.05) is 194 Å². The number of rotatable bonds is 6. The molecular formula is C46H34O3P2. The highest BCUT2D eigenvalue weighted by molar-refractivity contribution is 7.83. The molecule has 5 saturated heterocycles. The normalized spacial score (nSPS) is 36.2. The van der Waals surface area contributed by atoms with E-state index in [4.69, 9.17) is 4.31 Å². The summed E-state index contributed by atoms with van der Waals surface area (Å²) in [6.07, 6.45) is 4.58. The van der Waals surface area contributed by atoms with Gasteiger partial charge in [0.2, 0.25) is 14.7 Å². The number of allylic oxidation sites excluding steroid dienone is 4. The first-order valence-corrected chi connectivity index (χ1v) is 21.0. The zero-order chi connectivity index (χ0) is 34.1. The number of benzene rings is 6. The van der Waals surface area contributed by atoms with Gasteiger partial charge in [-0.15, -0.1) is 0 Å². The van der Waals surface area contributed by atoms with Gasteiger partial charge in [-0.3, -0.25) is 13.4 Å². The maximum Gasteiger partial charge on any atom is 0.236 e. The van der Waals surface area contributed by atoms with E-state index in [1.165, 1.54) is 0 Å². The van der Waals surface area contributed by atoms with Crippen LogP contribution in [0.25, 0.3) is 11.1 Å². The van der Waals surface area contributed by atoms with E-state index in [0.29, 0.717) is 0 Å². The lowest BCUT2D eigenvalue weighted by atomic mass is 9.48. The Morgan fingerprint density at radius 2 is 0.647 bits per heavy atom. The highest BCUT2D eigenvalue weighted by Crippen LogP contribution is 3.17. The molecule has 246 valence electrons. The summed E-state index contributed by atoms with van der Waals surface area (Å²) in [4.78, 5) is 0. The van der Waals surface area contributed by atoms with E-state index >= 15 is 9.13 Å². The molecule has 0 saturated carbocycles. The summed E-state index contributed by atoms with van der Waals surface area (Å²) in [6, 6.07) is 62.4. The van der Waals surface area contributed by atoms with Gasteiger partial charge in [-0.25, -0.2) is 0 Å². The molecule has 0 spiro atoms. The molecule has 15 rings (SSSR count). The molecule has 51 heavy (non-hydrogen) atoms. The lowest BCUT2D eigenvalue weighted by Crippen LogP contribution is -2.75. The lowest BCUT2D eigenvalue weighted by molar-refractivity contribution is 0.145. The molecule has 2 aliphatic carbocycles. The summed E-state index contributed by atoms with van der Waals surface area (Å²) in [7, 11) is -8.07. The van der Waals surface area contributed by atoms with E-state index < -0.39 is 35.4 Å². The van der Waals surface area contributed by atoms with Crippen molar-refractivity contribution < 1.29 is 13.4 Å². The van der Waals surface area contributed by atoms with Gasteiger partial charge in [-0.05, 0) is 44.5 Å². The van der Waals surface area contributed by atoms with Crippen LogP contribution < -0.4 is 0 Å². The van der Waals surface area contributed by atoms with Crippen LogP contribution in [0, 0.1) is 11.8 Å². The molecule has 3 nitrogen and oxygen atoms in total. The largest absolute Gasteiger partial charge is 0.290 e. The van der Waals surface area contributed by atoms with Crippen molar-refractivity contribution >= 4 is 25.9 Å². The summed E-state index contributed by atoms with van der Waals surface area (Å²) in [5, 5.41) is -4.84. The van der Waals surface area contributed by atoms with Crippen LogP contribution in [0.4, 0.5) is 0 Å². The Morgan fingerprint density at radius 1 is 0.373 bits per heavy atom. The minimum Gasteiger partial charge on any atom is -0.290 e. The van der Waals surface area contributed by atoms with Crippen LogP contribution in [0.5, 0.6) is 0 Å². The Hall–Kier alpha value is -4.78. The minimum absolute atomic E-state index is 0.330. The highest BCUT2D eigenvalue weighted by atomic mass is 31.2. The molecule has 9 aliphatic rings. The van der Waals surface area contributed by atoms with Crippen molar-refractivity contribution in [2.75, 3.05) is 0 Å². The van der Waals surface area contributed by atoms with E-state index in [1.54, 1.807) is 0 Å². The zero-order valence-electron chi connectivity index (χ0n) is 27.7. The quantitative estimate of drug-likeness (QED) is 0.163. The monoisotopic (exact) mass is 696 g/mol. The van der Waals surface area contributed by atoms with Crippen LogP contribution in [-0.4, -0.2) is 0 Å². The summed E-state index contributed by atoms with van der Waals surface area (Å²) in [5.41, 5.74) is 8.11. The Morgan fingerprint density at radius 3 is 0.961 bits per heavy atom. The molecule has 8 bridgehead atoms. The third kappa shape index (κ3) is 2.95. The summed E-state index contributed by atoms with van der Waals surface area (Å²) in [6.45, 7) is 0. The second-order valence-corrected chi connectivity index (χ2v) is 20.3. The van der Waals surface area contributed by atoms with Crippen molar-refractivity contribution in [2.45, 2.75) is 20.6 Å². The van der Waals surface area contributed by atoms with E-state index in [0.717, 1.165) is 44.5 Å². The SMILES string of the molecule is O=[P@]12O[P@@]3(=O)[C@]4(c5ccccc5)C=C(c5ccccc5)[C@H]5[C@H](C(c6ccccc6)=C[C@]1(c1ccccc1)[C@]53c1ccccc1)[C@@]42c1ccccc1. The average molecular weight is 697 g/mol. The molecule has 0 amide bonds. The predicted molar refractivity (Wildman–Crippen MR) is 205 cm³/mol. The minimum atomic E-state index is -4.03. The van der Waals surface area contributed by atoms with Crippen LogP contribution in [0.3, 0.4) is 0 Å². The molecule has 5 heteroatoms. The Kier molecular flexibility index (Phi) is 5.84. The van der Waals surface area contributed by atoms with E-state index in [-0.39, 0.29) is 11.8 Å². The Labute approximate surface area is 298 Å². The molecule has 7 heterocycles. The topological polar surface area (TPSA) is 43.4 Å². The molecular weight excluding hydrogens is 662 g/mol. The zero-order valence-corrected chi connectivity index (χ0v) is 29.5. The van der Waals surface area contributed by atoms with Gasteiger partial charge in [0.1, 0.15) is 20.6 Å². The molecule has 7 aliphatic heterocycles. The first kappa shape index (κ1) is 29.9.